The van der Waals surface area contributed by atoms with Gasteiger partial charge >= 0.3 is 0 Å². The third-order valence-corrected chi connectivity index (χ3v) is 4.88. The summed E-state index contributed by atoms with van der Waals surface area (Å²) in [6, 6.07) is 6.42. The van der Waals surface area contributed by atoms with Crippen LogP contribution in [0.15, 0.2) is 30.6 Å². The normalized spacial score (nSPS) is 18.6. The van der Waals surface area contributed by atoms with E-state index >= 15 is 0 Å². The molecular weight excluding hydrogens is 316 g/mol. The average Bonchev–Trinajstić information content (AvgIpc) is 3.41. The first-order valence-electron chi connectivity index (χ1n) is 8.89. The second-order valence-electron chi connectivity index (χ2n) is 6.77. The maximum absolute atomic E-state index is 5.40. The van der Waals surface area contributed by atoms with Crippen molar-refractivity contribution in [3.63, 3.8) is 0 Å². The number of nitrogens with zero attached hydrogens (tertiary/aromatic N) is 5. The third-order valence-electron chi connectivity index (χ3n) is 4.88. The molecule has 0 atom stereocenters. The van der Waals surface area contributed by atoms with Crippen molar-refractivity contribution in [3.8, 4) is 11.3 Å². The molecule has 0 spiro atoms. The topological polar surface area (TPSA) is 77.2 Å². The minimum Gasteiger partial charge on any atom is -0.381 e. The largest absolute Gasteiger partial charge is 0.381 e. The Morgan fingerprint density at radius 2 is 1.96 bits per heavy atom. The van der Waals surface area contributed by atoms with E-state index in [1.807, 2.05) is 18.3 Å². The number of fused-ring (bicyclic) bond motifs is 1. The Balaban J connectivity index is 1.42. The second-order valence-corrected chi connectivity index (χ2v) is 6.77. The van der Waals surface area contributed by atoms with Crippen LogP contribution in [0, 0.1) is 0 Å². The van der Waals surface area contributed by atoms with Crippen molar-refractivity contribution in [2.75, 3.05) is 18.5 Å². The number of pyridine rings is 1. The summed E-state index contributed by atoms with van der Waals surface area (Å²) in [5, 5.41) is 12.1. The van der Waals surface area contributed by atoms with Crippen molar-refractivity contribution >= 4 is 11.6 Å². The van der Waals surface area contributed by atoms with E-state index in [2.05, 4.69) is 35.9 Å². The van der Waals surface area contributed by atoms with Crippen LogP contribution in [-0.4, -0.2) is 43.8 Å². The van der Waals surface area contributed by atoms with Gasteiger partial charge in [0.1, 0.15) is 5.82 Å². The standard InChI is InChI=1S/C18H20N6O/c1-2-12(1)17-23-22-16-11-13(4-8-24(16)17)15-3-7-19-18(21-15)20-14-5-9-25-10-6-14/h3-4,7-8,11-12,14H,1-2,5-6,9-10H2,(H,19,20,21). The van der Waals surface area contributed by atoms with Gasteiger partial charge in [-0.15, -0.1) is 10.2 Å². The quantitative estimate of drug-likeness (QED) is 0.789. The number of anilines is 1. The lowest BCUT2D eigenvalue weighted by Crippen LogP contribution is -2.28. The van der Waals surface area contributed by atoms with E-state index in [0.717, 1.165) is 48.8 Å². The lowest BCUT2D eigenvalue weighted by atomic mass is 10.1. The average molecular weight is 336 g/mol. The maximum Gasteiger partial charge on any atom is 0.223 e. The molecule has 0 bridgehead atoms. The van der Waals surface area contributed by atoms with E-state index in [4.69, 9.17) is 4.74 Å². The Morgan fingerprint density at radius 1 is 1.08 bits per heavy atom. The molecule has 1 aliphatic heterocycles. The van der Waals surface area contributed by atoms with Crippen LogP contribution in [-0.2, 0) is 4.74 Å². The minimum absolute atomic E-state index is 0.379. The third kappa shape index (κ3) is 2.95. The van der Waals surface area contributed by atoms with Crippen molar-refractivity contribution in [2.24, 2.45) is 0 Å². The fraction of sp³-hybridized carbons (Fsp3) is 0.444. The molecule has 0 unspecified atom stereocenters. The van der Waals surface area contributed by atoms with Crippen molar-refractivity contribution < 1.29 is 4.74 Å². The van der Waals surface area contributed by atoms with Crippen molar-refractivity contribution in [1.29, 1.82) is 0 Å². The molecule has 4 heterocycles. The molecule has 0 aromatic carbocycles. The first kappa shape index (κ1) is 14.8. The molecule has 5 rings (SSSR count). The molecule has 3 aromatic heterocycles. The zero-order chi connectivity index (χ0) is 16.6. The highest BCUT2D eigenvalue weighted by Crippen LogP contribution is 2.39. The van der Waals surface area contributed by atoms with Crippen LogP contribution in [0.25, 0.3) is 16.9 Å². The Morgan fingerprint density at radius 3 is 2.80 bits per heavy atom. The monoisotopic (exact) mass is 336 g/mol. The summed E-state index contributed by atoms with van der Waals surface area (Å²) in [5.41, 5.74) is 2.79. The van der Waals surface area contributed by atoms with Crippen LogP contribution in [0.1, 0.15) is 37.4 Å². The van der Waals surface area contributed by atoms with E-state index in [1.165, 1.54) is 12.8 Å². The molecule has 2 fully saturated rings. The van der Waals surface area contributed by atoms with Gasteiger partial charge in [0, 0.05) is 43.1 Å². The van der Waals surface area contributed by atoms with Gasteiger partial charge in [-0.05, 0) is 43.9 Å². The summed E-state index contributed by atoms with van der Waals surface area (Å²) in [6.07, 6.45) is 8.26. The van der Waals surface area contributed by atoms with Gasteiger partial charge in [0.2, 0.25) is 5.95 Å². The second kappa shape index (κ2) is 6.07. The number of ether oxygens (including phenoxy) is 1. The van der Waals surface area contributed by atoms with E-state index in [-0.39, 0.29) is 0 Å². The summed E-state index contributed by atoms with van der Waals surface area (Å²) in [4.78, 5) is 9.04. The van der Waals surface area contributed by atoms with Crippen LogP contribution in [0.3, 0.4) is 0 Å². The molecule has 1 saturated carbocycles. The highest BCUT2D eigenvalue weighted by molar-refractivity contribution is 5.64. The van der Waals surface area contributed by atoms with E-state index in [9.17, 15) is 0 Å². The first-order valence-corrected chi connectivity index (χ1v) is 8.89. The van der Waals surface area contributed by atoms with E-state index in [0.29, 0.717) is 17.9 Å². The number of hydrogen-bond acceptors (Lipinski definition) is 6. The molecule has 1 N–H and O–H groups in total. The number of aromatic nitrogens is 5. The van der Waals surface area contributed by atoms with Gasteiger partial charge in [-0.2, -0.15) is 0 Å². The van der Waals surface area contributed by atoms with Crippen LogP contribution in [0.2, 0.25) is 0 Å². The molecule has 25 heavy (non-hydrogen) atoms. The zero-order valence-corrected chi connectivity index (χ0v) is 13.9. The summed E-state index contributed by atoms with van der Waals surface area (Å²) in [6.45, 7) is 1.59. The predicted molar refractivity (Wildman–Crippen MR) is 93.5 cm³/mol. The summed E-state index contributed by atoms with van der Waals surface area (Å²) < 4.78 is 7.49. The molecule has 2 aliphatic rings. The molecule has 7 nitrogen and oxygen atoms in total. The van der Waals surface area contributed by atoms with Gasteiger partial charge in [-0.3, -0.25) is 4.40 Å². The Hall–Kier alpha value is -2.54. The molecule has 1 aliphatic carbocycles. The lowest BCUT2D eigenvalue weighted by molar-refractivity contribution is 0.0903. The van der Waals surface area contributed by atoms with Gasteiger partial charge in [-0.25, -0.2) is 9.97 Å². The van der Waals surface area contributed by atoms with Gasteiger partial charge in [0.15, 0.2) is 5.65 Å². The van der Waals surface area contributed by atoms with Gasteiger partial charge in [-0.1, -0.05) is 0 Å². The highest BCUT2D eigenvalue weighted by atomic mass is 16.5. The Bertz CT molecular complexity index is 897. The molecule has 7 heteroatoms. The van der Waals surface area contributed by atoms with Gasteiger partial charge < -0.3 is 10.1 Å². The molecule has 3 aromatic rings. The summed E-state index contributed by atoms with van der Waals surface area (Å²) in [5.74, 6) is 2.32. The lowest BCUT2D eigenvalue weighted by Gasteiger charge is -2.23. The van der Waals surface area contributed by atoms with Gasteiger partial charge in [0.05, 0.1) is 5.69 Å². The van der Waals surface area contributed by atoms with Crippen molar-refractivity contribution in [3.05, 3.63) is 36.4 Å². The first-order chi connectivity index (χ1) is 12.4. The molecule has 128 valence electrons. The fourth-order valence-corrected chi connectivity index (χ4v) is 3.30. The summed E-state index contributed by atoms with van der Waals surface area (Å²) in [7, 11) is 0. The van der Waals surface area contributed by atoms with E-state index in [1.54, 1.807) is 6.20 Å². The molecule has 0 radical (unpaired) electrons. The van der Waals surface area contributed by atoms with Crippen LogP contribution in [0.4, 0.5) is 5.95 Å². The van der Waals surface area contributed by atoms with Crippen molar-refractivity contribution in [1.82, 2.24) is 24.6 Å². The van der Waals surface area contributed by atoms with Crippen LogP contribution in [0.5, 0.6) is 0 Å². The molecule has 0 amide bonds. The van der Waals surface area contributed by atoms with Crippen LogP contribution < -0.4 is 5.32 Å². The highest BCUT2D eigenvalue weighted by Gasteiger charge is 2.28. The van der Waals surface area contributed by atoms with E-state index < -0.39 is 0 Å². The van der Waals surface area contributed by atoms with Crippen molar-refractivity contribution in [2.45, 2.75) is 37.6 Å². The Kier molecular flexibility index (Phi) is 3.59. The number of rotatable bonds is 4. The zero-order valence-electron chi connectivity index (χ0n) is 13.9. The SMILES string of the molecule is c1cc(-c2ccn3c(C4CC4)nnc3c2)nc(NC2CCOCC2)n1. The smallest absolute Gasteiger partial charge is 0.223 e. The number of hydrogen-bond donors (Lipinski definition) is 1. The van der Waals surface area contributed by atoms with Crippen LogP contribution >= 0.6 is 0 Å². The summed E-state index contributed by atoms with van der Waals surface area (Å²) >= 11 is 0. The van der Waals surface area contributed by atoms with Gasteiger partial charge in [0.25, 0.3) is 0 Å². The maximum atomic E-state index is 5.40. The number of nitrogens with one attached hydrogen (secondary N) is 1. The minimum atomic E-state index is 0.379. The molecule has 1 saturated heterocycles. The molecular formula is C18H20N6O. The Labute approximate surface area is 145 Å². The fourth-order valence-electron chi connectivity index (χ4n) is 3.30. The predicted octanol–water partition coefficient (Wildman–Crippen LogP) is 2.65.